The van der Waals surface area contributed by atoms with E-state index >= 15 is 0 Å². The monoisotopic (exact) mass is 476 g/mol. The number of halogens is 7. The number of benzene rings is 2. The van der Waals surface area contributed by atoms with Crippen molar-refractivity contribution in [3.63, 3.8) is 0 Å². The number of hydrogen-bond donors (Lipinski definition) is 1. The van der Waals surface area contributed by atoms with Crippen LogP contribution in [0.3, 0.4) is 0 Å². The maximum absolute atomic E-state index is 13.5. The third-order valence-electron chi connectivity index (χ3n) is 5.87. The normalized spacial score (nSPS) is 19.4. The topological polar surface area (TPSA) is 32.3 Å². The minimum absolute atomic E-state index is 0.0610. The van der Waals surface area contributed by atoms with Crippen molar-refractivity contribution in [2.24, 2.45) is 5.92 Å². The molecule has 0 saturated carbocycles. The molecule has 1 fully saturated rings. The molecule has 10 heteroatoms. The van der Waals surface area contributed by atoms with Gasteiger partial charge in [-0.1, -0.05) is 6.07 Å². The number of alkyl halides is 6. The van der Waals surface area contributed by atoms with Crippen molar-refractivity contribution in [3.8, 4) is 0 Å². The lowest BCUT2D eigenvalue weighted by Gasteiger charge is -2.35. The van der Waals surface area contributed by atoms with Crippen LogP contribution in [0.4, 0.5) is 30.7 Å². The second kappa shape index (κ2) is 9.32. The number of nitrogens with zero attached hydrogens (tertiary/aromatic N) is 1. The SMILES string of the molecule is Cc1cc(F)ccc1C1CNCC[C@H]1C(=O)N(C)Cc1cc(C(F)(F)F)cc(C(F)(F)F)c1. The summed E-state index contributed by atoms with van der Waals surface area (Å²) in [6.45, 7) is 2.28. The third-order valence-corrected chi connectivity index (χ3v) is 5.87. The lowest BCUT2D eigenvalue weighted by atomic mass is 9.79. The van der Waals surface area contributed by atoms with Gasteiger partial charge in [0, 0.05) is 32.0 Å². The number of carbonyl (C=O) groups excluding carboxylic acids is 1. The van der Waals surface area contributed by atoms with Crippen molar-refractivity contribution in [1.82, 2.24) is 10.2 Å². The first kappa shape index (κ1) is 25.0. The van der Waals surface area contributed by atoms with Crippen LogP contribution >= 0.6 is 0 Å². The van der Waals surface area contributed by atoms with E-state index in [0.717, 1.165) is 10.5 Å². The van der Waals surface area contributed by atoms with Crippen molar-refractivity contribution < 1.29 is 35.5 Å². The minimum Gasteiger partial charge on any atom is -0.341 e. The highest BCUT2D eigenvalue weighted by molar-refractivity contribution is 5.80. The van der Waals surface area contributed by atoms with E-state index in [1.807, 2.05) is 0 Å². The van der Waals surface area contributed by atoms with E-state index in [9.17, 15) is 35.5 Å². The Kier molecular flexibility index (Phi) is 7.07. The summed E-state index contributed by atoms with van der Waals surface area (Å²) in [4.78, 5) is 14.4. The maximum Gasteiger partial charge on any atom is 0.416 e. The zero-order valence-corrected chi connectivity index (χ0v) is 17.9. The molecule has 0 aromatic heterocycles. The van der Waals surface area contributed by atoms with E-state index in [1.54, 1.807) is 13.0 Å². The maximum atomic E-state index is 13.5. The van der Waals surface area contributed by atoms with E-state index < -0.39 is 47.7 Å². The summed E-state index contributed by atoms with van der Waals surface area (Å²) in [5.41, 5.74) is -1.67. The van der Waals surface area contributed by atoms with Gasteiger partial charge in [0.2, 0.25) is 5.91 Å². The molecule has 2 aromatic rings. The van der Waals surface area contributed by atoms with Gasteiger partial charge in [0.25, 0.3) is 0 Å². The van der Waals surface area contributed by atoms with Crippen LogP contribution in [0.5, 0.6) is 0 Å². The van der Waals surface area contributed by atoms with Gasteiger partial charge in [-0.3, -0.25) is 4.79 Å². The molecule has 2 atom stereocenters. The molecule has 1 amide bonds. The minimum atomic E-state index is -4.96. The molecule has 1 heterocycles. The summed E-state index contributed by atoms with van der Waals surface area (Å²) < 4.78 is 92.4. The number of piperidine rings is 1. The van der Waals surface area contributed by atoms with E-state index in [1.165, 1.54) is 19.2 Å². The van der Waals surface area contributed by atoms with Crippen LogP contribution in [-0.2, 0) is 23.7 Å². The average molecular weight is 476 g/mol. The Bertz CT molecular complexity index is 985. The summed E-state index contributed by atoms with van der Waals surface area (Å²) in [6.07, 6.45) is -9.49. The van der Waals surface area contributed by atoms with Gasteiger partial charge < -0.3 is 10.2 Å². The molecule has 33 heavy (non-hydrogen) atoms. The summed E-state index contributed by atoms with van der Waals surface area (Å²) in [7, 11) is 1.35. The van der Waals surface area contributed by atoms with Crippen molar-refractivity contribution >= 4 is 5.91 Å². The number of carbonyl (C=O) groups is 1. The van der Waals surface area contributed by atoms with Crippen molar-refractivity contribution in [2.45, 2.75) is 38.2 Å². The van der Waals surface area contributed by atoms with Crippen molar-refractivity contribution in [1.29, 1.82) is 0 Å². The Balaban J connectivity index is 1.87. The fourth-order valence-electron chi connectivity index (χ4n) is 4.28. The molecule has 3 nitrogen and oxygen atoms in total. The lowest BCUT2D eigenvalue weighted by Crippen LogP contribution is -2.44. The molecular weight excluding hydrogens is 453 g/mol. The van der Waals surface area contributed by atoms with Crippen LogP contribution < -0.4 is 5.32 Å². The molecule has 3 rings (SSSR count). The quantitative estimate of drug-likeness (QED) is 0.590. The number of amides is 1. The number of hydrogen-bond acceptors (Lipinski definition) is 2. The number of nitrogens with one attached hydrogen (secondary N) is 1. The Labute approximate surface area is 186 Å². The third kappa shape index (κ3) is 5.85. The Hall–Kier alpha value is -2.62. The summed E-state index contributed by atoms with van der Waals surface area (Å²) in [5.74, 6) is -1.66. The Morgan fingerprint density at radius 3 is 2.18 bits per heavy atom. The summed E-state index contributed by atoms with van der Waals surface area (Å²) in [5, 5.41) is 3.18. The highest BCUT2D eigenvalue weighted by Crippen LogP contribution is 2.37. The fraction of sp³-hybridized carbons (Fsp3) is 0.435. The smallest absolute Gasteiger partial charge is 0.341 e. The first-order valence-corrected chi connectivity index (χ1v) is 10.3. The molecule has 1 aliphatic rings. The summed E-state index contributed by atoms with van der Waals surface area (Å²) >= 11 is 0. The first-order valence-electron chi connectivity index (χ1n) is 10.3. The molecule has 1 unspecified atom stereocenters. The molecule has 0 spiro atoms. The van der Waals surface area contributed by atoms with E-state index in [-0.39, 0.29) is 17.5 Å². The molecule has 0 bridgehead atoms. The van der Waals surface area contributed by atoms with Gasteiger partial charge in [0.1, 0.15) is 5.82 Å². The van der Waals surface area contributed by atoms with Crippen LogP contribution in [0.2, 0.25) is 0 Å². The largest absolute Gasteiger partial charge is 0.416 e. The van der Waals surface area contributed by atoms with Crippen LogP contribution in [-0.4, -0.2) is 30.9 Å². The first-order chi connectivity index (χ1) is 15.3. The van der Waals surface area contributed by atoms with E-state index in [0.29, 0.717) is 37.2 Å². The van der Waals surface area contributed by atoms with E-state index in [4.69, 9.17) is 0 Å². The molecule has 1 saturated heterocycles. The van der Waals surface area contributed by atoms with Gasteiger partial charge in [-0.25, -0.2) is 4.39 Å². The number of aryl methyl sites for hydroxylation is 1. The zero-order chi connectivity index (χ0) is 24.6. The Morgan fingerprint density at radius 1 is 1.03 bits per heavy atom. The lowest BCUT2D eigenvalue weighted by molar-refractivity contribution is -0.143. The van der Waals surface area contributed by atoms with Gasteiger partial charge in [-0.05, 0) is 66.9 Å². The predicted octanol–water partition coefficient (Wildman–Crippen LogP) is 5.52. The van der Waals surface area contributed by atoms with Crippen molar-refractivity contribution in [3.05, 3.63) is 70.0 Å². The standard InChI is InChI=1S/C23H23F7N2O/c1-13-7-17(24)3-4-18(13)20-11-31-6-5-19(20)21(33)32(2)12-14-8-15(22(25,26)27)10-16(9-14)23(28,29)30/h3-4,7-10,19-20,31H,5-6,11-12H2,1-2H3/t19-,20?/m1/s1. The second-order valence-electron chi connectivity index (χ2n) is 8.32. The van der Waals surface area contributed by atoms with Gasteiger partial charge >= 0.3 is 12.4 Å². The molecule has 180 valence electrons. The van der Waals surface area contributed by atoms with E-state index in [2.05, 4.69) is 5.32 Å². The molecule has 0 aliphatic carbocycles. The van der Waals surface area contributed by atoms with Gasteiger partial charge in [-0.2, -0.15) is 26.3 Å². The second-order valence-corrected chi connectivity index (χ2v) is 8.32. The molecule has 1 aliphatic heterocycles. The van der Waals surface area contributed by atoms with Gasteiger partial charge in [0.15, 0.2) is 0 Å². The van der Waals surface area contributed by atoms with Crippen LogP contribution in [0, 0.1) is 18.7 Å². The van der Waals surface area contributed by atoms with Crippen LogP contribution in [0.1, 0.15) is 40.2 Å². The summed E-state index contributed by atoms with van der Waals surface area (Å²) in [6, 6.07) is 5.57. The molecule has 1 N–H and O–H groups in total. The molecule has 0 radical (unpaired) electrons. The molecular formula is C23H23F7N2O. The molecule has 2 aromatic carbocycles. The average Bonchev–Trinajstić information content (AvgIpc) is 2.72. The van der Waals surface area contributed by atoms with Crippen molar-refractivity contribution in [2.75, 3.05) is 20.1 Å². The number of rotatable bonds is 4. The Morgan fingerprint density at radius 2 is 1.64 bits per heavy atom. The van der Waals surface area contributed by atoms with Crippen LogP contribution in [0.25, 0.3) is 0 Å². The predicted molar refractivity (Wildman–Crippen MR) is 108 cm³/mol. The fourth-order valence-corrected chi connectivity index (χ4v) is 4.28. The van der Waals surface area contributed by atoms with Gasteiger partial charge in [0.05, 0.1) is 11.1 Å². The van der Waals surface area contributed by atoms with Gasteiger partial charge in [-0.15, -0.1) is 0 Å². The highest BCUT2D eigenvalue weighted by Gasteiger charge is 2.38. The zero-order valence-electron chi connectivity index (χ0n) is 17.9. The highest BCUT2D eigenvalue weighted by atomic mass is 19.4. The van der Waals surface area contributed by atoms with Crippen LogP contribution in [0.15, 0.2) is 36.4 Å².